The van der Waals surface area contributed by atoms with E-state index in [1.807, 2.05) is 0 Å². The lowest BCUT2D eigenvalue weighted by Gasteiger charge is -1.98. The molecule has 0 spiro atoms. The highest BCUT2D eigenvalue weighted by Crippen LogP contribution is 2.15. The van der Waals surface area contributed by atoms with Gasteiger partial charge in [-0.3, -0.25) is 9.59 Å². The van der Waals surface area contributed by atoms with Crippen LogP contribution in [-0.4, -0.2) is 19.9 Å². The van der Waals surface area contributed by atoms with E-state index in [9.17, 15) is 9.59 Å². The van der Waals surface area contributed by atoms with Crippen LogP contribution in [0, 0.1) is 13.8 Å². The monoisotopic (exact) mass is 388 g/mol. The largest absolute Gasteiger partial charge is 0.319 e. The van der Waals surface area contributed by atoms with E-state index < -0.39 is 0 Å². The Morgan fingerprint density at radius 2 is 1.27 bits per heavy atom. The highest BCUT2D eigenvalue weighted by molar-refractivity contribution is 6.31. The number of aromatic nitrogens is 4. The Bertz CT molecular complexity index is 1230. The van der Waals surface area contributed by atoms with Gasteiger partial charge in [-0.15, -0.1) is 0 Å². The fourth-order valence-electron chi connectivity index (χ4n) is 2.30. The zero-order valence-electron chi connectivity index (χ0n) is 13.9. The van der Waals surface area contributed by atoms with Crippen molar-refractivity contribution in [3.8, 4) is 0 Å². The standard InChI is InChI=1S/2C9H7ClN2O/c1-5-9(13)12-7-3-2-6(10)4-8(7)11-5;1-5-9(13)12-8-4-6(10)2-3-7(8)11-5/h2*2-4H,1H3,(H,12,13). The van der Waals surface area contributed by atoms with Gasteiger partial charge < -0.3 is 9.97 Å². The molecule has 26 heavy (non-hydrogen) atoms. The van der Waals surface area contributed by atoms with E-state index in [1.165, 1.54) is 0 Å². The molecule has 0 bridgehead atoms. The molecule has 0 aliphatic heterocycles. The Kier molecular flexibility index (Phi) is 5.06. The van der Waals surface area contributed by atoms with Crippen LogP contribution in [0.4, 0.5) is 0 Å². The third-order valence-corrected chi connectivity index (χ3v) is 4.12. The van der Waals surface area contributed by atoms with Crippen molar-refractivity contribution in [2.24, 2.45) is 0 Å². The molecule has 0 atom stereocenters. The summed E-state index contributed by atoms with van der Waals surface area (Å²) in [4.78, 5) is 36.0. The second kappa shape index (κ2) is 7.27. The van der Waals surface area contributed by atoms with Crippen molar-refractivity contribution in [2.75, 3.05) is 0 Å². The molecule has 0 unspecified atom stereocenters. The quantitative estimate of drug-likeness (QED) is 0.479. The third kappa shape index (κ3) is 3.92. The van der Waals surface area contributed by atoms with Gasteiger partial charge in [-0.2, -0.15) is 0 Å². The van der Waals surface area contributed by atoms with Crippen molar-refractivity contribution in [1.82, 2.24) is 19.9 Å². The maximum absolute atomic E-state index is 11.2. The van der Waals surface area contributed by atoms with Crippen LogP contribution in [0.15, 0.2) is 46.0 Å². The van der Waals surface area contributed by atoms with E-state index in [1.54, 1.807) is 50.2 Å². The third-order valence-electron chi connectivity index (χ3n) is 3.65. The van der Waals surface area contributed by atoms with Crippen LogP contribution in [-0.2, 0) is 0 Å². The van der Waals surface area contributed by atoms with E-state index in [0.29, 0.717) is 38.0 Å². The topological polar surface area (TPSA) is 91.5 Å². The number of nitrogens with zero attached hydrogens (tertiary/aromatic N) is 2. The number of nitrogens with one attached hydrogen (secondary N) is 2. The molecular formula is C18H14Cl2N4O2. The average Bonchev–Trinajstić information content (AvgIpc) is 2.58. The number of H-pyrrole nitrogens is 2. The molecule has 2 aromatic heterocycles. The van der Waals surface area contributed by atoms with Gasteiger partial charge in [-0.1, -0.05) is 23.2 Å². The number of halogens is 2. The Balaban J connectivity index is 0.000000151. The summed E-state index contributed by atoms with van der Waals surface area (Å²) < 4.78 is 0. The summed E-state index contributed by atoms with van der Waals surface area (Å²) in [6, 6.07) is 10.4. The van der Waals surface area contributed by atoms with Gasteiger partial charge in [-0.25, -0.2) is 9.97 Å². The number of hydrogen-bond acceptors (Lipinski definition) is 4. The minimum atomic E-state index is -0.172. The fraction of sp³-hybridized carbons (Fsp3) is 0.111. The minimum absolute atomic E-state index is 0.158. The number of benzene rings is 2. The summed E-state index contributed by atoms with van der Waals surface area (Å²) in [7, 11) is 0. The lowest BCUT2D eigenvalue weighted by molar-refractivity contribution is 1.12. The maximum atomic E-state index is 11.2. The number of aromatic amines is 2. The number of fused-ring (bicyclic) bond motifs is 2. The van der Waals surface area contributed by atoms with Crippen LogP contribution < -0.4 is 11.1 Å². The van der Waals surface area contributed by atoms with Crippen molar-refractivity contribution >= 4 is 45.3 Å². The summed E-state index contributed by atoms with van der Waals surface area (Å²) in [5.41, 5.74) is 3.43. The first kappa shape index (κ1) is 18.1. The van der Waals surface area contributed by atoms with Crippen LogP contribution in [0.3, 0.4) is 0 Å². The second-order valence-electron chi connectivity index (χ2n) is 5.63. The molecule has 0 aliphatic carbocycles. The molecule has 0 amide bonds. The molecule has 0 fully saturated rings. The Hall–Kier alpha value is -2.70. The molecular weight excluding hydrogens is 375 g/mol. The van der Waals surface area contributed by atoms with Gasteiger partial charge in [0.05, 0.1) is 22.1 Å². The van der Waals surface area contributed by atoms with Crippen LogP contribution >= 0.6 is 23.2 Å². The van der Waals surface area contributed by atoms with Crippen LogP contribution in [0.25, 0.3) is 22.1 Å². The van der Waals surface area contributed by atoms with Crippen LogP contribution in [0.1, 0.15) is 11.4 Å². The van der Waals surface area contributed by atoms with Gasteiger partial charge in [0.15, 0.2) is 0 Å². The fourth-order valence-corrected chi connectivity index (χ4v) is 2.64. The van der Waals surface area contributed by atoms with Crippen LogP contribution in [0.5, 0.6) is 0 Å². The molecule has 8 heteroatoms. The number of aryl methyl sites for hydroxylation is 2. The van der Waals surface area contributed by atoms with Crippen molar-refractivity contribution in [2.45, 2.75) is 13.8 Å². The Morgan fingerprint density at radius 1 is 0.731 bits per heavy atom. The van der Waals surface area contributed by atoms with E-state index in [2.05, 4.69) is 19.9 Å². The molecule has 0 saturated carbocycles. The summed E-state index contributed by atoms with van der Waals surface area (Å²) >= 11 is 11.5. The number of hydrogen-bond donors (Lipinski definition) is 2. The molecule has 0 radical (unpaired) electrons. The highest BCUT2D eigenvalue weighted by atomic mass is 35.5. The van der Waals surface area contributed by atoms with Gasteiger partial charge >= 0.3 is 0 Å². The first-order valence-electron chi connectivity index (χ1n) is 7.66. The normalized spacial score (nSPS) is 10.6. The van der Waals surface area contributed by atoms with Crippen molar-refractivity contribution in [1.29, 1.82) is 0 Å². The predicted molar refractivity (Wildman–Crippen MR) is 104 cm³/mol. The predicted octanol–water partition coefficient (Wildman–Crippen LogP) is 3.77. The average molecular weight is 389 g/mol. The van der Waals surface area contributed by atoms with Gasteiger partial charge in [0, 0.05) is 10.0 Å². The smallest absolute Gasteiger partial charge is 0.269 e. The molecule has 2 N–H and O–H groups in total. The zero-order valence-corrected chi connectivity index (χ0v) is 15.4. The van der Waals surface area contributed by atoms with Crippen molar-refractivity contribution in [3.63, 3.8) is 0 Å². The minimum Gasteiger partial charge on any atom is -0.319 e. The molecule has 0 saturated heterocycles. The molecule has 4 aromatic rings. The SMILES string of the molecule is Cc1nc2cc(Cl)ccc2[nH]c1=O.Cc1nc2ccc(Cl)cc2[nH]c1=O. The molecule has 2 aromatic carbocycles. The zero-order chi connectivity index (χ0) is 18.8. The van der Waals surface area contributed by atoms with E-state index in [-0.39, 0.29) is 11.1 Å². The first-order chi connectivity index (χ1) is 12.3. The second-order valence-corrected chi connectivity index (χ2v) is 6.50. The maximum Gasteiger partial charge on any atom is 0.269 e. The van der Waals surface area contributed by atoms with Gasteiger partial charge in [0.25, 0.3) is 11.1 Å². The van der Waals surface area contributed by atoms with Crippen LogP contribution in [0.2, 0.25) is 10.0 Å². The molecule has 0 aliphatic rings. The summed E-state index contributed by atoms with van der Waals surface area (Å²) in [5, 5.41) is 1.21. The lowest BCUT2D eigenvalue weighted by Crippen LogP contribution is -2.11. The van der Waals surface area contributed by atoms with E-state index >= 15 is 0 Å². The van der Waals surface area contributed by atoms with E-state index in [0.717, 1.165) is 5.52 Å². The molecule has 6 nitrogen and oxygen atoms in total. The Labute approximate surface area is 157 Å². The molecule has 4 rings (SSSR count). The Morgan fingerprint density at radius 3 is 1.96 bits per heavy atom. The van der Waals surface area contributed by atoms with Gasteiger partial charge in [0.1, 0.15) is 11.4 Å². The van der Waals surface area contributed by atoms with Crippen molar-refractivity contribution in [3.05, 3.63) is 78.5 Å². The summed E-state index contributed by atoms with van der Waals surface area (Å²) in [5.74, 6) is 0. The first-order valence-corrected chi connectivity index (χ1v) is 8.41. The van der Waals surface area contributed by atoms with Gasteiger partial charge in [-0.05, 0) is 50.2 Å². The lowest BCUT2D eigenvalue weighted by atomic mass is 10.3. The molecule has 2 heterocycles. The number of rotatable bonds is 0. The van der Waals surface area contributed by atoms with Gasteiger partial charge in [0.2, 0.25) is 0 Å². The van der Waals surface area contributed by atoms with E-state index in [4.69, 9.17) is 23.2 Å². The summed E-state index contributed by atoms with van der Waals surface area (Å²) in [6.07, 6.45) is 0. The molecule has 132 valence electrons. The summed E-state index contributed by atoms with van der Waals surface area (Å²) in [6.45, 7) is 3.34. The highest BCUT2D eigenvalue weighted by Gasteiger charge is 2.00. The van der Waals surface area contributed by atoms with Crippen molar-refractivity contribution < 1.29 is 0 Å².